The van der Waals surface area contributed by atoms with Crippen LogP contribution in [-0.4, -0.2) is 20.3 Å². The number of pyridine rings is 1. The monoisotopic (exact) mass is 240 g/mol. The molecule has 0 aliphatic carbocycles. The molecule has 0 aliphatic rings. The number of aryl methyl sites for hydroxylation is 1. The van der Waals surface area contributed by atoms with Crippen molar-refractivity contribution in [3.8, 4) is 0 Å². The topological polar surface area (TPSA) is 19.5 Å². The number of hydrogen-bond donors (Lipinski definition) is 0. The van der Waals surface area contributed by atoms with Crippen LogP contribution in [0.3, 0.4) is 0 Å². The van der Waals surface area contributed by atoms with Crippen LogP contribution in [0.1, 0.15) is 11.3 Å². The predicted octanol–water partition coefficient (Wildman–Crippen LogP) is 2.23. The smallest absolute Gasteiger partial charge is 0.211 e. The summed E-state index contributed by atoms with van der Waals surface area (Å²) in [5.41, 5.74) is 3.39. The van der Waals surface area contributed by atoms with E-state index in [2.05, 4.69) is 34.3 Å². The summed E-state index contributed by atoms with van der Waals surface area (Å²) in [6.45, 7) is 2.03. The van der Waals surface area contributed by atoms with Gasteiger partial charge in [-0.2, -0.15) is 0 Å². The molecule has 0 bridgehead atoms. The molecule has 0 radical (unpaired) electrons. The third-order valence-electron chi connectivity index (χ3n) is 2.78. The molecule has 92 valence electrons. The van der Waals surface area contributed by atoms with Crippen molar-refractivity contribution in [3.63, 3.8) is 0 Å². The molecule has 0 saturated heterocycles. The maximum Gasteiger partial charge on any atom is 0.211 e. The lowest BCUT2D eigenvalue weighted by molar-refractivity contribution is -0.684. The fourth-order valence-corrected chi connectivity index (χ4v) is 1.64. The molecule has 0 unspecified atom stereocenters. The predicted molar refractivity (Wildman–Crippen MR) is 75.1 cm³/mol. The number of benzene rings is 1. The first-order valence-corrected chi connectivity index (χ1v) is 5.96. The van der Waals surface area contributed by atoms with Crippen LogP contribution in [0.2, 0.25) is 0 Å². The molecule has 1 heterocycles. The number of nitrogens with zero attached hydrogens (tertiary/aromatic N) is 3. The quantitative estimate of drug-likeness (QED) is 0.595. The Kier molecular flexibility index (Phi) is 3.72. The fraction of sp³-hybridized carbons (Fsp3) is 0.200. The lowest BCUT2D eigenvalue weighted by atomic mass is 10.2. The van der Waals surface area contributed by atoms with Gasteiger partial charge in [0.15, 0.2) is 0 Å². The van der Waals surface area contributed by atoms with Crippen molar-refractivity contribution < 1.29 is 4.68 Å². The molecule has 3 heteroatoms. The van der Waals surface area contributed by atoms with E-state index in [1.165, 1.54) is 5.69 Å². The third-order valence-corrected chi connectivity index (χ3v) is 2.78. The minimum atomic E-state index is 1.09. The molecule has 0 amide bonds. The first-order chi connectivity index (χ1) is 8.66. The van der Waals surface area contributed by atoms with Crippen LogP contribution in [-0.2, 0) is 0 Å². The molecule has 0 atom stereocenters. The Morgan fingerprint density at radius 3 is 2.39 bits per heavy atom. The van der Waals surface area contributed by atoms with Crippen molar-refractivity contribution >= 4 is 11.9 Å². The van der Waals surface area contributed by atoms with Crippen LogP contribution < -0.4 is 9.58 Å². The van der Waals surface area contributed by atoms with Crippen molar-refractivity contribution in [1.82, 2.24) is 0 Å². The second-order valence-corrected chi connectivity index (χ2v) is 4.42. The van der Waals surface area contributed by atoms with E-state index in [0.717, 1.165) is 11.3 Å². The SMILES string of the molecule is Cc1cccc[n+]1/N=C/c1ccc(N(C)C)cc1. The molecule has 1 aromatic heterocycles. The van der Waals surface area contributed by atoms with Crippen molar-refractivity contribution in [3.05, 3.63) is 59.9 Å². The summed E-state index contributed by atoms with van der Waals surface area (Å²) in [7, 11) is 4.07. The fourth-order valence-electron chi connectivity index (χ4n) is 1.64. The zero-order valence-corrected chi connectivity index (χ0v) is 11.0. The number of aromatic nitrogens is 1. The van der Waals surface area contributed by atoms with Crippen molar-refractivity contribution in [2.24, 2.45) is 5.10 Å². The number of anilines is 1. The van der Waals surface area contributed by atoms with Gasteiger partial charge in [-0.25, -0.2) is 0 Å². The molecule has 0 saturated carbocycles. The lowest BCUT2D eigenvalue weighted by Crippen LogP contribution is -2.30. The molecule has 0 spiro atoms. The van der Waals surface area contributed by atoms with Gasteiger partial charge in [0.25, 0.3) is 0 Å². The molecule has 2 rings (SSSR count). The molecular weight excluding hydrogens is 222 g/mol. The normalized spacial score (nSPS) is 10.8. The molecule has 0 fully saturated rings. The van der Waals surface area contributed by atoms with Crippen molar-refractivity contribution in [1.29, 1.82) is 0 Å². The number of rotatable bonds is 3. The summed E-state index contributed by atoms with van der Waals surface area (Å²) < 4.78 is 1.86. The summed E-state index contributed by atoms with van der Waals surface area (Å²) in [6, 6.07) is 14.3. The van der Waals surface area contributed by atoms with E-state index in [4.69, 9.17) is 0 Å². The van der Waals surface area contributed by atoms with Crippen LogP contribution in [0.5, 0.6) is 0 Å². The lowest BCUT2D eigenvalue weighted by Gasteiger charge is -2.11. The van der Waals surface area contributed by atoms with Crippen LogP contribution in [0, 0.1) is 6.92 Å². The van der Waals surface area contributed by atoms with Gasteiger partial charge in [0.1, 0.15) is 6.21 Å². The minimum absolute atomic E-state index is 1.09. The molecule has 1 aromatic carbocycles. The Labute approximate surface area is 108 Å². The van der Waals surface area contributed by atoms with Gasteiger partial charge in [0.05, 0.1) is 0 Å². The van der Waals surface area contributed by atoms with Gasteiger partial charge in [-0.15, -0.1) is 0 Å². The summed E-state index contributed by atoms with van der Waals surface area (Å²) in [6.07, 6.45) is 3.81. The zero-order valence-electron chi connectivity index (χ0n) is 11.0. The van der Waals surface area contributed by atoms with Gasteiger partial charge in [-0.3, -0.25) is 0 Å². The molecule has 0 aliphatic heterocycles. The Hall–Kier alpha value is -2.16. The van der Waals surface area contributed by atoms with Gasteiger partial charge in [0.2, 0.25) is 11.9 Å². The highest BCUT2D eigenvalue weighted by Crippen LogP contribution is 2.10. The van der Waals surface area contributed by atoms with Gasteiger partial charge >= 0.3 is 0 Å². The maximum atomic E-state index is 4.43. The molecule has 0 N–H and O–H groups in total. The average Bonchev–Trinajstić information content (AvgIpc) is 2.38. The Bertz CT molecular complexity index is 542. The highest BCUT2D eigenvalue weighted by atomic mass is 15.3. The Morgan fingerprint density at radius 1 is 1.06 bits per heavy atom. The van der Waals surface area contributed by atoms with Gasteiger partial charge in [-0.1, -0.05) is 16.8 Å². The Morgan fingerprint density at radius 2 is 1.78 bits per heavy atom. The second-order valence-electron chi connectivity index (χ2n) is 4.42. The molecule has 18 heavy (non-hydrogen) atoms. The molecule has 2 aromatic rings. The van der Waals surface area contributed by atoms with Crippen LogP contribution in [0.15, 0.2) is 53.8 Å². The Balaban J connectivity index is 2.17. The van der Waals surface area contributed by atoms with Gasteiger partial charge in [0, 0.05) is 38.8 Å². The summed E-state index contributed by atoms with van der Waals surface area (Å²) >= 11 is 0. The average molecular weight is 240 g/mol. The van der Waals surface area contributed by atoms with E-state index in [1.807, 2.05) is 56.3 Å². The maximum absolute atomic E-state index is 4.43. The largest absolute Gasteiger partial charge is 0.378 e. The first-order valence-electron chi connectivity index (χ1n) is 5.96. The van der Waals surface area contributed by atoms with E-state index in [0.29, 0.717) is 0 Å². The van der Waals surface area contributed by atoms with E-state index in [1.54, 1.807) is 0 Å². The van der Waals surface area contributed by atoms with E-state index >= 15 is 0 Å². The zero-order chi connectivity index (χ0) is 13.0. The molecular formula is C15H18N3+. The first kappa shape index (κ1) is 12.3. The van der Waals surface area contributed by atoms with Gasteiger partial charge in [-0.05, 0) is 28.9 Å². The summed E-state index contributed by atoms with van der Waals surface area (Å²) in [4.78, 5) is 2.08. The molecule has 3 nitrogen and oxygen atoms in total. The van der Waals surface area contributed by atoms with Crippen molar-refractivity contribution in [2.45, 2.75) is 6.92 Å². The second kappa shape index (κ2) is 5.45. The highest BCUT2D eigenvalue weighted by Gasteiger charge is 2.01. The van der Waals surface area contributed by atoms with Crippen LogP contribution in [0.25, 0.3) is 0 Å². The summed E-state index contributed by atoms with van der Waals surface area (Å²) in [5.74, 6) is 0. The third kappa shape index (κ3) is 2.94. The standard InChI is InChI=1S/C15H18N3/c1-13-6-4-5-11-18(13)16-12-14-7-9-15(10-8-14)17(2)3/h4-12H,1-3H3/q+1/b16-12+. The highest BCUT2D eigenvalue weighted by molar-refractivity contribution is 5.79. The summed E-state index contributed by atoms with van der Waals surface area (Å²) in [5, 5.41) is 4.43. The van der Waals surface area contributed by atoms with E-state index in [9.17, 15) is 0 Å². The van der Waals surface area contributed by atoms with Gasteiger partial charge < -0.3 is 4.90 Å². The van der Waals surface area contributed by atoms with Crippen LogP contribution in [0.4, 0.5) is 5.69 Å². The van der Waals surface area contributed by atoms with Crippen molar-refractivity contribution in [2.75, 3.05) is 19.0 Å². The minimum Gasteiger partial charge on any atom is -0.378 e. The van der Waals surface area contributed by atoms with E-state index in [-0.39, 0.29) is 0 Å². The van der Waals surface area contributed by atoms with Crippen LogP contribution >= 0.6 is 0 Å². The number of hydrogen-bond acceptors (Lipinski definition) is 2. The van der Waals surface area contributed by atoms with E-state index < -0.39 is 0 Å².